The van der Waals surface area contributed by atoms with E-state index in [1.165, 1.54) is 4.57 Å². The van der Waals surface area contributed by atoms with Gasteiger partial charge in [0.25, 0.3) is 5.56 Å². The molecule has 130 valence electrons. The number of halogens is 3. The molecule has 0 aliphatic carbocycles. The maximum absolute atomic E-state index is 12.6. The highest BCUT2D eigenvalue weighted by Gasteiger charge is 2.30. The highest BCUT2D eigenvalue weighted by Crippen LogP contribution is 2.27. The number of hydrogen-bond donors (Lipinski definition) is 1. The van der Waals surface area contributed by atoms with Crippen molar-refractivity contribution in [1.82, 2.24) is 14.5 Å². The van der Waals surface area contributed by atoms with Gasteiger partial charge in [0.05, 0.1) is 12.1 Å². The highest BCUT2D eigenvalue weighted by atomic mass is 19.4. The summed E-state index contributed by atoms with van der Waals surface area (Å²) in [5, 5.41) is 3.18. The molecule has 2 heterocycles. The Kier molecular flexibility index (Phi) is 5.58. The van der Waals surface area contributed by atoms with E-state index in [4.69, 9.17) is 0 Å². The van der Waals surface area contributed by atoms with Crippen LogP contribution in [0.5, 0.6) is 0 Å². The van der Waals surface area contributed by atoms with Crippen LogP contribution in [-0.4, -0.2) is 21.1 Å². The molecule has 0 saturated carbocycles. The van der Waals surface area contributed by atoms with E-state index in [9.17, 15) is 18.0 Å². The molecule has 5 nitrogen and oxygen atoms in total. The van der Waals surface area contributed by atoms with E-state index < -0.39 is 17.3 Å². The first-order valence-corrected chi connectivity index (χ1v) is 7.65. The molecular weight excluding hydrogens is 321 g/mol. The van der Waals surface area contributed by atoms with Gasteiger partial charge in [-0.15, -0.1) is 0 Å². The van der Waals surface area contributed by atoms with E-state index in [0.717, 1.165) is 31.6 Å². The second-order valence-electron chi connectivity index (χ2n) is 5.45. The number of hydrogen-bond acceptors (Lipinski definition) is 4. The van der Waals surface area contributed by atoms with Gasteiger partial charge in [-0.25, -0.2) is 9.97 Å². The molecule has 0 unspecified atom stereocenters. The SMILES string of the molecule is CCCCNc1nc(C)ncc1Cn1ccc(C(F)(F)F)cc1=O. The lowest BCUT2D eigenvalue weighted by atomic mass is 10.2. The van der Waals surface area contributed by atoms with E-state index >= 15 is 0 Å². The standard InChI is InChI=1S/C16H19F3N4O/c1-3-4-6-20-15-12(9-21-11(2)22-15)10-23-7-5-13(8-14(23)24)16(17,18)19/h5,7-9H,3-4,6,10H2,1-2H3,(H,20,21,22). The van der Waals surface area contributed by atoms with Gasteiger partial charge in [-0.2, -0.15) is 13.2 Å². The number of anilines is 1. The van der Waals surface area contributed by atoms with Crippen LogP contribution < -0.4 is 10.9 Å². The zero-order chi connectivity index (χ0) is 17.7. The summed E-state index contributed by atoms with van der Waals surface area (Å²) in [5.74, 6) is 1.18. The van der Waals surface area contributed by atoms with Gasteiger partial charge < -0.3 is 9.88 Å². The number of pyridine rings is 1. The van der Waals surface area contributed by atoms with Gasteiger partial charge in [0, 0.05) is 30.6 Å². The number of nitrogens with one attached hydrogen (secondary N) is 1. The summed E-state index contributed by atoms with van der Waals surface area (Å²) in [6, 6.07) is 1.49. The molecule has 8 heteroatoms. The van der Waals surface area contributed by atoms with Crippen molar-refractivity contribution in [2.75, 3.05) is 11.9 Å². The minimum absolute atomic E-state index is 0.103. The molecule has 1 N–H and O–H groups in total. The second-order valence-corrected chi connectivity index (χ2v) is 5.45. The molecule has 0 radical (unpaired) electrons. The van der Waals surface area contributed by atoms with Crippen LogP contribution in [0.15, 0.2) is 29.3 Å². The van der Waals surface area contributed by atoms with Gasteiger partial charge in [0.2, 0.25) is 0 Å². The molecule has 0 aromatic carbocycles. The zero-order valence-corrected chi connectivity index (χ0v) is 13.5. The van der Waals surface area contributed by atoms with Crippen molar-refractivity contribution in [3.8, 4) is 0 Å². The fourth-order valence-electron chi connectivity index (χ4n) is 2.15. The Morgan fingerprint density at radius 3 is 2.71 bits per heavy atom. The maximum atomic E-state index is 12.6. The third kappa shape index (κ3) is 4.56. The molecule has 0 spiro atoms. The van der Waals surface area contributed by atoms with Gasteiger partial charge in [0.15, 0.2) is 0 Å². The average molecular weight is 340 g/mol. The number of unbranched alkanes of at least 4 members (excludes halogenated alkanes) is 1. The molecule has 0 saturated heterocycles. The number of aryl methyl sites for hydroxylation is 1. The molecule has 0 aliphatic heterocycles. The molecular formula is C16H19F3N4O. The molecule has 0 aliphatic rings. The van der Waals surface area contributed by atoms with E-state index in [-0.39, 0.29) is 6.54 Å². The molecule has 0 atom stereocenters. The Hall–Kier alpha value is -2.38. The normalized spacial score (nSPS) is 11.5. The van der Waals surface area contributed by atoms with Crippen molar-refractivity contribution in [3.05, 3.63) is 51.8 Å². The average Bonchev–Trinajstić information content (AvgIpc) is 2.50. The number of rotatable bonds is 6. The van der Waals surface area contributed by atoms with E-state index in [2.05, 4.69) is 22.2 Å². The highest BCUT2D eigenvalue weighted by molar-refractivity contribution is 5.43. The van der Waals surface area contributed by atoms with Crippen LogP contribution in [0.2, 0.25) is 0 Å². The van der Waals surface area contributed by atoms with Crippen LogP contribution in [0.3, 0.4) is 0 Å². The lowest BCUT2D eigenvalue weighted by molar-refractivity contribution is -0.137. The maximum Gasteiger partial charge on any atom is 0.416 e. The Morgan fingerprint density at radius 2 is 2.08 bits per heavy atom. The fraction of sp³-hybridized carbons (Fsp3) is 0.438. The topological polar surface area (TPSA) is 59.8 Å². The van der Waals surface area contributed by atoms with Crippen molar-refractivity contribution in [3.63, 3.8) is 0 Å². The minimum atomic E-state index is -4.53. The van der Waals surface area contributed by atoms with E-state index in [1.54, 1.807) is 13.1 Å². The Bertz CT molecular complexity index is 756. The second kappa shape index (κ2) is 7.46. The quantitative estimate of drug-likeness (QED) is 0.820. The summed E-state index contributed by atoms with van der Waals surface area (Å²) in [7, 11) is 0. The predicted molar refractivity (Wildman–Crippen MR) is 85.0 cm³/mol. The van der Waals surface area contributed by atoms with Crippen LogP contribution in [0.25, 0.3) is 0 Å². The van der Waals surface area contributed by atoms with Crippen LogP contribution in [0, 0.1) is 6.92 Å². The molecule has 0 fully saturated rings. The first kappa shape index (κ1) is 18.0. The number of aromatic nitrogens is 3. The smallest absolute Gasteiger partial charge is 0.370 e. The van der Waals surface area contributed by atoms with Gasteiger partial charge >= 0.3 is 6.18 Å². The van der Waals surface area contributed by atoms with Crippen molar-refractivity contribution in [2.24, 2.45) is 0 Å². The zero-order valence-electron chi connectivity index (χ0n) is 13.5. The summed E-state index contributed by atoms with van der Waals surface area (Å²) in [6.07, 6.45) is 0.174. The van der Waals surface area contributed by atoms with E-state index in [1.807, 2.05) is 0 Å². The first-order valence-electron chi connectivity index (χ1n) is 7.65. The third-order valence-corrected chi connectivity index (χ3v) is 3.47. The molecule has 2 aromatic heterocycles. The van der Waals surface area contributed by atoms with Gasteiger partial charge in [0.1, 0.15) is 11.6 Å². The van der Waals surface area contributed by atoms with Gasteiger partial charge in [-0.1, -0.05) is 13.3 Å². The largest absolute Gasteiger partial charge is 0.416 e. The van der Waals surface area contributed by atoms with E-state index in [0.29, 0.717) is 23.3 Å². The fourth-order valence-corrected chi connectivity index (χ4v) is 2.15. The molecule has 0 bridgehead atoms. The lowest BCUT2D eigenvalue weighted by Crippen LogP contribution is -2.23. The molecule has 2 rings (SSSR count). The van der Waals surface area contributed by atoms with Crippen LogP contribution >= 0.6 is 0 Å². The predicted octanol–water partition coefficient (Wildman–Crippen LogP) is 3.23. The van der Waals surface area contributed by atoms with Crippen molar-refractivity contribution in [2.45, 2.75) is 39.4 Å². The van der Waals surface area contributed by atoms with Crippen LogP contribution in [0.1, 0.15) is 36.7 Å². The van der Waals surface area contributed by atoms with Crippen molar-refractivity contribution >= 4 is 5.82 Å². The van der Waals surface area contributed by atoms with Crippen LogP contribution in [-0.2, 0) is 12.7 Å². The number of nitrogens with zero attached hydrogens (tertiary/aromatic N) is 3. The van der Waals surface area contributed by atoms with Crippen LogP contribution in [0.4, 0.5) is 19.0 Å². The Balaban J connectivity index is 2.26. The third-order valence-electron chi connectivity index (χ3n) is 3.47. The molecule has 2 aromatic rings. The van der Waals surface area contributed by atoms with Gasteiger partial charge in [-0.05, 0) is 19.4 Å². The summed E-state index contributed by atoms with van der Waals surface area (Å²) in [5.41, 5.74) is -1.02. The first-order chi connectivity index (χ1) is 11.3. The summed E-state index contributed by atoms with van der Waals surface area (Å²) in [4.78, 5) is 20.3. The summed E-state index contributed by atoms with van der Waals surface area (Å²) < 4.78 is 39.1. The monoisotopic (exact) mass is 340 g/mol. The van der Waals surface area contributed by atoms with Crippen molar-refractivity contribution in [1.29, 1.82) is 0 Å². The molecule has 24 heavy (non-hydrogen) atoms. The summed E-state index contributed by atoms with van der Waals surface area (Å²) in [6.45, 7) is 4.64. The Labute approximate surface area is 137 Å². The van der Waals surface area contributed by atoms with Gasteiger partial charge in [-0.3, -0.25) is 4.79 Å². The number of alkyl halides is 3. The minimum Gasteiger partial charge on any atom is -0.370 e. The van der Waals surface area contributed by atoms with Crippen molar-refractivity contribution < 1.29 is 13.2 Å². The summed E-state index contributed by atoms with van der Waals surface area (Å²) >= 11 is 0. The lowest BCUT2D eigenvalue weighted by Gasteiger charge is -2.13. The molecule has 0 amide bonds. The Morgan fingerprint density at radius 1 is 1.33 bits per heavy atom.